The van der Waals surface area contributed by atoms with Crippen molar-refractivity contribution in [3.05, 3.63) is 40.0 Å². The Balaban J connectivity index is 2.17. The van der Waals surface area contributed by atoms with Gasteiger partial charge in [-0.25, -0.2) is 9.37 Å². The molecule has 0 atom stereocenters. The Kier molecular flexibility index (Phi) is 3.89. The molecule has 1 aliphatic heterocycles. The summed E-state index contributed by atoms with van der Waals surface area (Å²) in [6.07, 6.45) is 4.00. The van der Waals surface area contributed by atoms with Gasteiger partial charge in [0.05, 0.1) is 5.69 Å². The average molecular weight is 338 g/mol. The Morgan fingerprint density at radius 2 is 2.20 bits per heavy atom. The van der Waals surface area contributed by atoms with Gasteiger partial charge in [-0.3, -0.25) is 0 Å². The van der Waals surface area contributed by atoms with Crippen molar-refractivity contribution in [3.63, 3.8) is 0 Å². The first-order valence-electron chi connectivity index (χ1n) is 6.94. The van der Waals surface area contributed by atoms with Gasteiger partial charge in [0.15, 0.2) is 0 Å². The van der Waals surface area contributed by atoms with Gasteiger partial charge in [-0.05, 0) is 37.6 Å². The highest BCUT2D eigenvalue weighted by Gasteiger charge is 2.22. The molecule has 1 aromatic carbocycles. The Labute approximate surface area is 126 Å². The van der Waals surface area contributed by atoms with Gasteiger partial charge in [0.1, 0.15) is 11.6 Å². The van der Waals surface area contributed by atoms with E-state index in [9.17, 15) is 4.39 Å². The zero-order chi connectivity index (χ0) is 14.1. The summed E-state index contributed by atoms with van der Waals surface area (Å²) in [7, 11) is 0. The third-order valence-corrected chi connectivity index (χ3v) is 4.24. The molecular formula is C15H17BrFN3. The number of hydrogen-bond donors (Lipinski definition) is 1. The first-order valence-corrected chi connectivity index (χ1v) is 7.74. The molecule has 1 aromatic heterocycles. The maximum absolute atomic E-state index is 14.1. The second-order valence-electron chi connectivity index (χ2n) is 5.09. The molecule has 3 rings (SSSR count). The zero-order valence-corrected chi connectivity index (χ0v) is 12.8. The topological polar surface area (TPSA) is 43.8 Å². The Morgan fingerprint density at radius 3 is 3.00 bits per heavy atom. The number of imidazole rings is 1. The summed E-state index contributed by atoms with van der Waals surface area (Å²) in [4.78, 5) is 4.69. The molecule has 0 unspecified atom stereocenters. The summed E-state index contributed by atoms with van der Waals surface area (Å²) < 4.78 is 17.2. The molecule has 0 fully saturated rings. The largest absolute Gasteiger partial charge is 0.331 e. The predicted molar refractivity (Wildman–Crippen MR) is 81.0 cm³/mol. The molecule has 5 heteroatoms. The maximum Gasteiger partial charge on any atom is 0.132 e. The fraction of sp³-hybridized carbons (Fsp3) is 0.400. The standard InChI is InChI=1S/C15H17BrFN3/c16-10-4-5-12(17)11(9-10)15-13(6-7-18)20-8-2-1-3-14(20)19-15/h4-5,9H,1-3,6-8,18H2. The molecule has 2 aromatic rings. The Morgan fingerprint density at radius 1 is 1.35 bits per heavy atom. The number of fused-ring (bicyclic) bond motifs is 1. The minimum atomic E-state index is -0.234. The van der Waals surface area contributed by atoms with Crippen molar-refractivity contribution in [2.24, 2.45) is 5.73 Å². The van der Waals surface area contributed by atoms with E-state index in [0.717, 1.165) is 53.9 Å². The molecule has 0 aliphatic carbocycles. The number of rotatable bonds is 3. The van der Waals surface area contributed by atoms with Gasteiger partial charge in [-0.15, -0.1) is 0 Å². The van der Waals surface area contributed by atoms with Crippen LogP contribution in [-0.4, -0.2) is 16.1 Å². The number of nitrogens with zero attached hydrogens (tertiary/aromatic N) is 2. The summed E-state index contributed by atoms with van der Waals surface area (Å²) in [6, 6.07) is 4.98. The van der Waals surface area contributed by atoms with Crippen molar-refractivity contribution < 1.29 is 4.39 Å². The van der Waals surface area contributed by atoms with Crippen molar-refractivity contribution in [1.29, 1.82) is 0 Å². The molecule has 2 N–H and O–H groups in total. The number of hydrogen-bond acceptors (Lipinski definition) is 2. The van der Waals surface area contributed by atoms with Crippen molar-refractivity contribution in [1.82, 2.24) is 9.55 Å². The van der Waals surface area contributed by atoms with Crippen LogP contribution in [0.4, 0.5) is 4.39 Å². The number of nitrogens with two attached hydrogens (primary N) is 1. The number of aryl methyl sites for hydroxylation is 1. The molecule has 0 saturated heterocycles. The van der Waals surface area contributed by atoms with Crippen LogP contribution in [0, 0.1) is 5.82 Å². The van der Waals surface area contributed by atoms with Crippen LogP contribution in [0.5, 0.6) is 0 Å². The molecule has 0 spiro atoms. The molecule has 1 aliphatic rings. The fourth-order valence-electron chi connectivity index (χ4n) is 2.83. The number of aromatic nitrogens is 2. The number of benzene rings is 1. The van der Waals surface area contributed by atoms with Crippen LogP contribution in [0.3, 0.4) is 0 Å². The lowest BCUT2D eigenvalue weighted by Crippen LogP contribution is -2.15. The molecule has 0 bridgehead atoms. The van der Waals surface area contributed by atoms with Crippen molar-refractivity contribution in [2.45, 2.75) is 32.2 Å². The first kappa shape index (κ1) is 13.8. The van der Waals surface area contributed by atoms with Crippen molar-refractivity contribution in [3.8, 4) is 11.3 Å². The second-order valence-corrected chi connectivity index (χ2v) is 6.01. The molecule has 20 heavy (non-hydrogen) atoms. The number of halogens is 2. The van der Waals surface area contributed by atoms with Crippen LogP contribution in [0.1, 0.15) is 24.4 Å². The average Bonchev–Trinajstić information content (AvgIpc) is 2.81. The third kappa shape index (κ3) is 2.40. The van der Waals surface area contributed by atoms with Crippen molar-refractivity contribution >= 4 is 15.9 Å². The van der Waals surface area contributed by atoms with Crippen LogP contribution in [0.15, 0.2) is 22.7 Å². The minimum Gasteiger partial charge on any atom is -0.331 e. The Bertz CT molecular complexity index is 636. The van der Waals surface area contributed by atoms with E-state index in [1.807, 2.05) is 0 Å². The van der Waals surface area contributed by atoms with Crippen LogP contribution >= 0.6 is 15.9 Å². The second kappa shape index (κ2) is 5.66. The van der Waals surface area contributed by atoms with Gasteiger partial charge in [-0.1, -0.05) is 15.9 Å². The molecule has 106 valence electrons. The third-order valence-electron chi connectivity index (χ3n) is 3.75. The maximum atomic E-state index is 14.1. The van der Waals surface area contributed by atoms with E-state index < -0.39 is 0 Å². The molecular weight excluding hydrogens is 321 g/mol. The lowest BCUT2D eigenvalue weighted by atomic mass is 10.1. The zero-order valence-electron chi connectivity index (χ0n) is 11.2. The van der Waals surface area contributed by atoms with Gasteiger partial charge in [0.25, 0.3) is 0 Å². The normalized spacial score (nSPS) is 14.3. The highest BCUT2D eigenvalue weighted by Crippen LogP contribution is 2.31. The summed E-state index contributed by atoms with van der Waals surface area (Å²) in [5.41, 5.74) is 8.11. The van der Waals surface area contributed by atoms with E-state index in [4.69, 9.17) is 5.73 Å². The van der Waals surface area contributed by atoms with Crippen LogP contribution in [-0.2, 0) is 19.4 Å². The smallest absolute Gasteiger partial charge is 0.132 e. The highest BCUT2D eigenvalue weighted by atomic mass is 79.9. The summed E-state index contributed by atoms with van der Waals surface area (Å²) in [6.45, 7) is 1.51. The van der Waals surface area contributed by atoms with Crippen LogP contribution in [0.2, 0.25) is 0 Å². The Hall–Kier alpha value is -1.20. The quantitative estimate of drug-likeness (QED) is 0.933. The molecule has 0 radical (unpaired) electrons. The van der Waals surface area contributed by atoms with Gasteiger partial charge in [-0.2, -0.15) is 0 Å². The molecule has 0 amide bonds. The highest BCUT2D eigenvalue weighted by molar-refractivity contribution is 9.10. The van der Waals surface area contributed by atoms with E-state index in [0.29, 0.717) is 12.1 Å². The molecule has 2 heterocycles. The van der Waals surface area contributed by atoms with Gasteiger partial charge >= 0.3 is 0 Å². The molecule has 3 nitrogen and oxygen atoms in total. The van der Waals surface area contributed by atoms with Crippen LogP contribution < -0.4 is 5.73 Å². The van der Waals surface area contributed by atoms with E-state index in [1.165, 1.54) is 6.07 Å². The van der Waals surface area contributed by atoms with Crippen molar-refractivity contribution in [2.75, 3.05) is 6.54 Å². The monoisotopic (exact) mass is 337 g/mol. The lowest BCUT2D eigenvalue weighted by Gasteiger charge is -2.16. The van der Waals surface area contributed by atoms with Gasteiger partial charge in [0, 0.05) is 35.1 Å². The van der Waals surface area contributed by atoms with E-state index >= 15 is 0 Å². The SMILES string of the molecule is NCCc1c(-c2cc(Br)ccc2F)nc2n1CCCC2. The van der Waals surface area contributed by atoms with E-state index in [1.54, 1.807) is 12.1 Å². The minimum absolute atomic E-state index is 0.234. The van der Waals surface area contributed by atoms with Crippen LogP contribution in [0.25, 0.3) is 11.3 Å². The fourth-order valence-corrected chi connectivity index (χ4v) is 3.19. The molecule has 0 saturated carbocycles. The first-order chi connectivity index (χ1) is 9.70. The van der Waals surface area contributed by atoms with E-state index in [2.05, 4.69) is 25.5 Å². The van der Waals surface area contributed by atoms with Gasteiger partial charge in [0.2, 0.25) is 0 Å². The van der Waals surface area contributed by atoms with E-state index in [-0.39, 0.29) is 5.82 Å². The summed E-state index contributed by atoms with van der Waals surface area (Å²) in [5, 5.41) is 0. The summed E-state index contributed by atoms with van der Waals surface area (Å²) >= 11 is 3.40. The predicted octanol–water partition coefficient (Wildman–Crippen LogP) is 3.29. The summed E-state index contributed by atoms with van der Waals surface area (Å²) in [5.74, 6) is 0.830. The lowest BCUT2D eigenvalue weighted by molar-refractivity contribution is 0.508. The van der Waals surface area contributed by atoms with Gasteiger partial charge < -0.3 is 10.3 Å².